The normalized spacial score (nSPS) is 13.8. The van der Waals surface area contributed by atoms with E-state index in [2.05, 4.69) is 10.0 Å². The Hall–Kier alpha value is -1.93. The maximum Gasteiger partial charge on any atom is 0.240 e. The lowest BCUT2D eigenvalue weighted by molar-refractivity contribution is -0.115. The number of sulfonamides is 1. The van der Waals surface area contributed by atoms with Gasteiger partial charge in [-0.2, -0.15) is 0 Å². The van der Waals surface area contributed by atoms with Crippen LogP contribution in [0.15, 0.2) is 47.4 Å². The lowest BCUT2D eigenvalue weighted by Crippen LogP contribution is -2.40. The molecule has 2 N–H and O–H groups in total. The molecule has 0 saturated carbocycles. The maximum absolute atomic E-state index is 12.8. The van der Waals surface area contributed by atoms with Crippen LogP contribution in [0.3, 0.4) is 0 Å². The van der Waals surface area contributed by atoms with Gasteiger partial charge in [-0.25, -0.2) is 13.1 Å². The van der Waals surface area contributed by atoms with Crippen LogP contribution in [0.5, 0.6) is 0 Å². The number of carbonyl (C=O) groups excluding carboxylic acids is 1. The average Bonchev–Trinajstić information content (AvgIpc) is 2.66. The highest BCUT2D eigenvalue weighted by atomic mass is 35.5. The summed E-state index contributed by atoms with van der Waals surface area (Å²) in [7, 11) is -2.26. The van der Waals surface area contributed by atoms with Crippen LogP contribution in [-0.2, 0) is 25.2 Å². The summed E-state index contributed by atoms with van der Waals surface area (Å²) in [6, 6.07) is 11.8. The van der Waals surface area contributed by atoms with Crippen LogP contribution in [0.2, 0.25) is 5.02 Å². The monoisotopic (exact) mass is 424 g/mol. The van der Waals surface area contributed by atoms with Crippen molar-refractivity contribution in [1.82, 2.24) is 4.72 Å². The van der Waals surface area contributed by atoms with Gasteiger partial charge in [-0.3, -0.25) is 4.79 Å². The van der Waals surface area contributed by atoms with E-state index in [-0.39, 0.29) is 17.3 Å². The smallest absolute Gasteiger partial charge is 0.240 e. The van der Waals surface area contributed by atoms with Gasteiger partial charge in [0.1, 0.15) is 5.60 Å². The summed E-state index contributed by atoms with van der Waals surface area (Å²) < 4.78 is 33.8. The molecule has 0 fully saturated rings. The Morgan fingerprint density at radius 3 is 2.50 bits per heavy atom. The van der Waals surface area contributed by atoms with Gasteiger partial charge in [0.2, 0.25) is 15.9 Å². The second-order valence-corrected chi connectivity index (χ2v) is 8.82. The minimum atomic E-state index is -3.78. The van der Waals surface area contributed by atoms with Crippen LogP contribution >= 0.6 is 11.6 Å². The van der Waals surface area contributed by atoms with Gasteiger partial charge in [0.15, 0.2) is 0 Å². The molecule has 28 heavy (non-hydrogen) atoms. The molecule has 0 aliphatic carbocycles. The first-order chi connectivity index (χ1) is 13.1. The van der Waals surface area contributed by atoms with Crippen molar-refractivity contribution in [3.8, 4) is 0 Å². The SMILES string of the molecule is CCC(=O)Nc1ccc(S(=O)(=O)NC[C@](C)(OC)c2cccc(Cl)c2)c(C)c1. The zero-order valence-electron chi connectivity index (χ0n) is 16.4. The van der Waals surface area contributed by atoms with E-state index in [1.54, 1.807) is 51.1 Å². The van der Waals surface area contributed by atoms with E-state index < -0.39 is 15.6 Å². The molecule has 0 aromatic heterocycles. The summed E-state index contributed by atoms with van der Waals surface area (Å²) in [4.78, 5) is 11.7. The fourth-order valence-electron chi connectivity index (χ4n) is 2.70. The van der Waals surface area contributed by atoms with Gasteiger partial charge in [-0.1, -0.05) is 30.7 Å². The van der Waals surface area contributed by atoms with Crippen molar-refractivity contribution in [3.63, 3.8) is 0 Å². The molecule has 2 rings (SSSR count). The van der Waals surface area contributed by atoms with Crippen LogP contribution in [-0.4, -0.2) is 28.0 Å². The average molecular weight is 425 g/mol. The molecule has 0 radical (unpaired) electrons. The van der Waals surface area contributed by atoms with Crippen molar-refractivity contribution >= 4 is 33.2 Å². The number of methoxy groups -OCH3 is 1. The minimum Gasteiger partial charge on any atom is -0.372 e. The standard InChI is InChI=1S/C20H25ClN2O4S/c1-5-19(24)23-17-9-10-18(14(2)11-17)28(25,26)22-13-20(3,27-4)15-7-6-8-16(21)12-15/h6-12,22H,5,13H2,1-4H3,(H,23,24)/t20-/m0/s1. The van der Waals surface area contributed by atoms with E-state index in [4.69, 9.17) is 16.3 Å². The number of ether oxygens (including phenoxy) is 1. The van der Waals surface area contributed by atoms with E-state index in [1.165, 1.54) is 13.2 Å². The molecule has 0 unspecified atom stereocenters. The zero-order valence-corrected chi connectivity index (χ0v) is 17.9. The molecule has 152 valence electrons. The van der Waals surface area contributed by atoms with Crippen LogP contribution in [0, 0.1) is 6.92 Å². The predicted molar refractivity (Wildman–Crippen MR) is 111 cm³/mol. The van der Waals surface area contributed by atoms with E-state index in [9.17, 15) is 13.2 Å². The largest absolute Gasteiger partial charge is 0.372 e. The van der Waals surface area contributed by atoms with Gasteiger partial charge in [0.05, 0.1) is 4.90 Å². The van der Waals surface area contributed by atoms with Crippen molar-refractivity contribution in [1.29, 1.82) is 0 Å². The van der Waals surface area contributed by atoms with Gasteiger partial charge < -0.3 is 10.1 Å². The molecule has 8 heteroatoms. The molecule has 1 amide bonds. The van der Waals surface area contributed by atoms with Crippen molar-refractivity contribution in [3.05, 3.63) is 58.6 Å². The fourth-order valence-corrected chi connectivity index (χ4v) is 4.24. The van der Waals surface area contributed by atoms with Gasteiger partial charge in [0.25, 0.3) is 0 Å². The van der Waals surface area contributed by atoms with Gasteiger partial charge in [-0.15, -0.1) is 0 Å². The lowest BCUT2D eigenvalue weighted by Gasteiger charge is -2.29. The first-order valence-electron chi connectivity index (χ1n) is 8.82. The molecule has 1 atom stereocenters. The minimum absolute atomic E-state index is 0.0277. The Morgan fingerprint density at radius 2 is 1.93 bits per heavy atom. The Morgan fingerprint density at radius 1 is 1.21 bits per heavy atom. The quantitative estimate of drug-likeness (QED) is 0.674. The molecule has 0 heterocycles. The number of anilines is 1. The summed E-state index contributed by atoms with van der Waals surface area (Å²) in [5.41, 5.74) is 0.966. The molecule has 0 saturated heterocycles. The van der Waals surface area contributed by atoms with Crippen molar-refractivity contribution in [2.24, 2.45) is 0 Å². The number of hydrogen-bond acceptors (Lipinski definition) is 4. The third-order valence-electron chi connectivity index (χ3n) is 4.55. The summed E-state index contributed by atoms with van der Waals surface area (Å²) in [5.74, 6) is -0.134. The number of benzene rings is 2. The van der Waals surface area contributed by atoms with Crippen LogP contribution in [0.4, 0.5) is 5.69 Å². The highest BCUT2D eigenvalue weighted by Gasteiger charge is 2.29. The number of nitrogens with one attached hydrogen (secondary N) is 2. The maximum atomic E-state index is 12.8. The number of carbonyl (C=O) groups is 1. The second-order valence-electron chi connectivity index (χ2n) is 6.65. The lowest BCUT2D eigenvalue weighted by atomic mass is 9.96. The molecular weight excluding hydrogens is 400 g/mol. The van der Waals surface area contributed by atoms with E-state index in [0.717, 1.165) is 5.56 Å². The first kappa shape index (κ1) is 22.4. The molecular formula is C20H25ClN2O4S. The van der Waals surface area contributed by atoms with Crippen LogP contribution in [0.25, 0.3) is 0 Å². The highest BCUT2D eigenvalue weighted by Crippen LogP contribution is 2.27. The number of amides is 1. The second kappa shape index (κ2) is 9.05. The van der Waals surface area contributed by atoms with Crippen LogP contribution < -0.4 is 10.0 Å². The Kier molecular flexibility index (Phi) is 7.22. The topological polar surface area (TPSA) is 84.5 Å². The van der Waals surface area contributed by atoms with E-state index >= 15 is 0 Å². The number of aryl methyl sites for hydroxylation is 1. The van der Waals surface area contributed by atoms with Gasteiger partial charge in [0, 0.05) is 30.8 Å². The Balaban J connectivity index is 2.22. The summed E-state index contributed by atoms with van der Waals surface area (Å²) in [5, 5.41) is 3.26. The highest BCUT2D eigenvalue weighted by molar-refractivity contribution is 7.89. The number of rotatable bonds is 8. The van der Waals surface area contributed by atoms with Gasteiger partial charge in [-0.05, 0) is 55.3 Å². The van der Waals surface area contributed by atoms with E-state index in [0.29, 0.717) is 22.7 Å². The molecule has 2 aromatic rings. The molecule has 0 aliphatic rings. The van der Waals surface area contributed by atoms with Crippen molar-refractivity contribution in [2.75, 3.05) is 19.0 Å². The summed E-state index contributed by atoms with van der Waals surface area (Å²) in [6.45, 7) is 5.25. The third-order valence-corrected chi connectivity index (χ3v) is 6.35. The Bertz CT molecular complexity index is 962. The number of hydrogen-bond donors (Lipinski definition) is 2. The molecule has 0 bridgehead atoms. The summed E-state index contributed by atoms with van der Waals surface area (Å²) >= 11 is 6.05. The molecule has 2 aromatic carbocycles. The van der Waals surface area contributed by atoms with Crippen molar-refractivity contribution < 1.29 is 17.9 Å². The molecule has 6 nitrogen and oxygen atoms in total. The van der Waals surface area contributed by atoms with E-state index in [1.807, 2.05) is 6.07 Å². The summed E-state index contributed by atoms with van der Waals surface area (Å²) in [6.07, 6.45) is 0.347. The fraction of sp³-hybridized carbons (Fsp3) is 0.350. The number of halogens is 1. The zero-order chi connectivity index (χ0) is 20.9. The van der Waals surface area contributed by atoms with Crippen LogP contribution in [0.1, 0.15) is 31.4 Å². The predicted octanol–water partition coefficient (Wildman–Crippen LogP) is 3.84. The van der Waals surface area contributed by atoms with Crippen molar-refractivity contribution in [2.45, 2.75) is 37.7 Å². The molecule has 0 spiro atoms. The molecule has 0 aliphatic heterocycles. The Labute approximate surface area is 171 Å². The third kappa shape index (κ3) is 5.32. The van der Waals surface area contributed by atoms with Gasteiger partial charge >= 0.3 is 0 Å². The first-order valence-corrected chi connectivity index (χ1v) is 10.7.